The first-order valence-corrected chi connectivity index (χ1v) is 5.35. The first-order valence-electron chi connectivity index (χ1n) is 5.35. The molecule has 0 aliphatic heterocycles. The van der Waals surface area contributed by atoms with Gasteiger partial charge in [0.05, 0.1) is 0 Å². The number of rotatable bonds is 3. The van der Waals surface area contributed by atoms with Gasteiger partial charge < -0.3 is 0 Å². The van der Waals surface area contributed by atoms with E-state index in [9.17, 15) is 13.2 Å². The van der Waals surface area contributed by atoms with E-state index in [4.69, 9.17) is 5.84 Å². The molecule has 1 aromatic carbocycles. The largest absolute Gasteiger partial charge is 0.405 e. The zero-order valence-corrected chi connectivity index (χ0v) is 10.2. The average molecular weight is 246 g/mol. The highest BCUT2D eigenvalue weighted by molar-refractivity contribution is 5.38. The van der Waals surface area contributed by atoms with E-state index >= 15 is 0 Å². The molecule has 0 aliphatic carbocycles. The van der Waals surface area contributed by atoms with Crippen LogP contribution >= 0.6 is 0 Å². The normalized spacial score (nSPS) is 13.8. The van der Waals surface area contributed by atoms with Crippen molar-refractivity contribution >= 4 is 0 Å². The summed E-state index contributed by atoms with van der Waals surface area (Å²) in [5.74, 6) is 4.97. The zero-order chi connectivity index (χ0) is 13.2. The highest BCUT2D eigenvalue weighted by atomic mass is 19.4. The molecule has 2 nitrogen and oxygen atoms in total. The van der Waals surface area contributed by atoms with Gasteiger partial charge in [0.25, 0.3) is 0 Å². The summed E-state index contributed by atoms with van der Waals surface area (Å²) in [6.07, 6.45) is -4.48. The third-order valence-corrected chi connectivity index (χ3v) is 2.84. The Hall–Kier alpha value is -1.07. The molecule has 5 heteroatoms. The van der Waals surface area contributed by atoms with E-state index in [1.165, 1.54) is 0 Å². The van der Waals surface area contributed by atoms with Crippen molar-refractivity contribution in [3.8, 4) is 0 Å². The van der Waals surface area contributed by atoms with E-state index in [2.05, 4.69) is 0 Å². The molecule has 1 atom stereocenters. The van der Waals surface area contributed by atoms with Gasteiger partial charge in [0, 0.05) is 0 Å². The van der Waals surface area contributed by atoms with Crippen LogP contribution in [-0.2, 0) is 6.42 Å². The van der Waals surface area contributed by atoms with Crippen molar-refractivity contribution in [2.45, 2.75) is 39.4 Å². The number of aryl methyl sites for hydroxylation is 3. The van der Waals surface area contributed by atoms with Crippen LogP contribution in [-0.4, -0.2) is 12.2 Å². The molecule has 0 amide bonds. The summed E-state index contributed by atoms with van der Waals surface area (Å²) in [7, 11) is 0. The van der Waals surface area contributed by atoms with Crippen LogP contribution in [0.15, 0.2) is 12.1 Å². The minimum absolute atomic E-state index is 0.141. The fourth-order valence-corrected chi connectivity index (χ4v) is 2.01. The number of halogens is 3. The molecule has 0 spiro atoms. The van der Waals surface area contributed by atoms with Crippen LogP contribution in [0.4, 0.5) is 13.2 Å². The van der Waals surface area contributed by atoms with Crippen molar-refractivity contribution in [1.29, 1.82) is 0 Å². The van der Waals surface area contributed by atoms with Gasteiger partial charge in [0.15, 0.2) is 0 Å². The molecule has 0 aromatic heterocycles. The molecule has 1 aromatic rings. The van der Waals surface area contributed by atoms with Crippen molar-refractivity contribution in [3.63, 3.8) is 0 Å². The molecule has 1 rings (SSSR count). The number of alkyl halides is 3. The number of nitrogens with two attached hydrogens (primary N) is 1. The Morgan fingerprint density at radius 3 is 2.00 bits per heavy atom. The zero-order valence-electron chi connectivity index (χ0n) is 10.2. The summed E-state index contributed by atoms with van der Waals surface area (Å²) >= 11 is 0. The smallest absolute Gasteiger partial charge is 0.271 e. The molecule has 0 saturated heterocycles. The highest BCUT2D eigenvalue weighted by Gasteiger charge is 2.39. The Kier molecular flexibility index (Phi) is 4.16. The van der Waals surface area contributed by atoms with Crippen LogP contribution in [0, 0.1) is 20.8 Å². The van der Waals surface area contributed by atoms with E-state index in [-0.39, 0.29) is 6.42 Å². The van der Waals surface area contributed by atoms with Gasteiger partial charge in [-0.25, -0.2) is 5.43 Å². The second kappa shape index (κ2) is 5.06. The number of nitrogens with one attached hydrogen (secondary N) is 1. The van der Waals surface area contributed by atoms with Crippen molar-refractivity contribution in [3.05, 3.63) is 34.4 Å². The van der Waals surface area contributed by atoms with Crippen molar-refractivity contribution < 1.29 is 13.2 Å². The Bertz CT molecular complexity index is 376. The fourth-order valence-electron chi connectivity index (χ4n) is 2.01. The van der Waals surface area contributed by atoms with Crippen molar-refractivity contribution in [2.75, 3.05) is 0 Å². The highest BCUT2D eigenvalue weighted by Crippen LogP contribution is 2.25. The van der Waals surface area contributed by atoms with Gasteiger partial charge in [0.1, 0.15) is 6.04 Å². The van der Waals surface area contributed by atoms with Gasteiger partial charge in [-0.1, -0.05) is 17.7 Å². The fraction of sp³-hybridized carbons (Fsp3) is 0.500. The van der Waals surface area contributed by atoms with Crippen molar-refractivity contribution in [2.24, 2.45) is 5.84 Å². The number of hydrazine groups is 1. The molecule has 0 fully saturated rings. The minimum atomic E-state index is -4.33. The maximum Gasteiger partial charge on any atom is 0.405 e. The quantitative estimate of drug-likeness (QED) is 0.635. The van der Waals surface area contributed by atoms with Crippen LogP contribution in [0.3, 0.4) is 0 Å². The maximum atomic E-state index is 12.6. The molecule has 0 heterocycles. The van der Waals surface area contributed by atoms with Crippen LogP contribution in [0.1, 0.15) is 22.3 Å². The Morgan fingerprint density at radius 2 is 1.65 bits per heavy atom. The summed E-state index contributed by atoms with van der Waals surface area (Å²) in [5, 5.41) is 0. The molecule has 0 bridgehead atoms. The van der Waals surface area contributed by atoms with E-state index in [1.807, 2.05) is 38.3 Å². The van der Waals surface area contributed by atoms with Gasteiger partial charge in [-0.15, -0.1) is 0 Å². The predicted octanol–water partition coefficient (Wildman–Crippen LogP) is 2.55. The van der Waals surface area contributed by atoms with Crippen molar-refractivity contribution in [1.82, 2.24) is 5.43 Å². The molecule has 0 saturated carbocycles. The lowest BCUT2D eigenvalue weighted by Crippen LogP contribution is -2.47. The standard InChI is InChI=1S/C12H17F3N2/c1-7-4-8(2)10(9(3)5-7)6-11(17-16)12(13,14)15/h4-5,11,17H,6,16H2,1-3H3. The van der Waals surface area contributed by atoms with E-state index in [0.29, 0.717) is 5.56 Å². The van der Waals surface area contributed by atoms with Gasteiger partial charge in [-0.2, -0.15) is 13.2 Å². The Balaban J connectivity index is 3.02. The first-order chi connectivity index (χ1) is 7.75. The lowest BCUT2D eigenvalue weighted by molar-refractivity contribution is -0.155. The summed E-state index contributed by atoms with van der Waals surface area (Å²) < 4.78 is 37.8. The number of hydrogen-bond acceptors (Lipinski definition) is 2. The van der Waals surface area contributed by atoms with E-state index < -0.39 is 12.2 Å². The average Bonchev–Trinajstić information content (AvgIpc) is 2.14. The molecular formula is C12H17F3N2. The first kappa shape index (κ1) is 14.0. The van der Waals surface area contributed by atoms with Crippen LogP contribution < -0.4 is 11.3 Å². The van der Waals surface area contributed by atoms with Crippen LogP contribution in [0.5, 0.6) is 0 Å². The number of hydrogen-bond donors (Lipinski definition) is 2. The molecule has 0 radical (unpaired) electrons. The van der Waals surface area contributed by atoms with Gasteiger partial charge in [-0.3, -0.25) is 5.84 Å². The van der Waals surface area contributed by atoms with Gasteiger partial charge in [0.2, 0.25) is 0 Å². The minimum Gasteiger partial charge on any atom is -0.271 e. The third-order valence-electron chi connectivity index (χ3n) is 2.84. The molecule has 96 valence electrons. The maximum absolute atomic E-state index is 12.6. The number of benzene rings is 1. The van der Waals surface area contributed by atoms with Gasteiger partial charge in [-0.05, 0) is 43.9 Å². The molecule has 17 heavy (non-hydrogen) atoms. The molecule has 3 N–H and O–H groups in total. The Morgan fingerprint density at radius 1 is 1.18 bits per heavy atom. The Labute approximate surface area is 99.0 Å². The second-order valence-electron chi connectivity index (χ2n) is 4.34. The third kappa shape index (κ3) is 3.44. The second-order valence-corrected chi connectivity index (χ2v) is 4.34. The lowest BCUT2D eigenvalue weighted by Gasteiger charge is -2.21. The summed E-state index contributed by atoms with van der Waals surface area (Å²) in [4.78, 5) is 0. The predicted molar refractivity (Wildman–Crippen MR) is 61.5 cm³/mol. The molecular weight excluding hydrogens is 229 g/mol. The summed E-state index contributed by atoms with van der Waals surface area (Å²) in [6.45, 7) is 5.56. The lowest BCUT2D eigenvalue weighted by atomic mass is 9.94. The van der Waals surface area contributed by atoms with E-state index in [1.54, 1.807) is 0 Å². The van der Waals surface area contributed by atoms with Crippen LogP contribution in [0.2, 0.25) is 0 Å². The van der Waals surface area contributed by atoms with Gasteiger partial charge >= 0.3 is 6.18 Å². The van der Waals surface area contributed by atoms with E-state index in [0.717, 1.165) is 16.7 Å². The monoisotopic (exact) mass is 246 g/mol. The SMILES string of the molecule is Cc1cc(C)c(CC(NN)C(F)(F)F)c(C)c1. The molecule has 0 aliphatic rings. The summed E-state index contributed by atoms with van der Waals surface area (Å²) in [6, 6.07) is 2.06. The van der Waals surface area contributed by atoms with Crippen LogP contribution in [0.25, 0.3) is 0 Å². The summed E-state index contributed by atoms with van der Waals surface area (Å²) in [5.41, 5.74) is 5.32. The molecule has 1 unspecified atom stereocenters. The topological polar surface area (TPSA) is 38.0 Å².